The Kier molecular flexibility index (Phi) is 5.74. The number of aliphatic hydroxyl groups is 1. The lowest BCUT2D eigenvalue weighted by atomic mass is 10.1. The molecule has 1 atom stereocenters. The van der Waals surface area contributed by atoms with Crippen LogP contribution in [0.5, 0.6) is 0 Å². The maximum Gasteiger partial charge on any atom is 0.269 e. The molecule has 0 aliphatic rings. The first-order valence-electron chi connectivity index (χ1n) is 6.11. The highest BCUT2D eigenvalue weighted by atomic mass is 16.6. The number of hydrogen-bond donors (Lipinski definition) is 2. The molecule has 0 aliphatic heterocycles. The number of benzene rings is 1. The largest absolute Gasteiger partial charge is 0.392 e. The van der Waals surface area contributed by atoms with Gasteiger partial charge in [-0.1, -0.05) is 26.0 Å². The number of rotatable bonds is 7. The molecule has 0 aromatic heterocycles. The van der Waals surface area contributed by atoms with Gasteiger partial charge in [-0.15, -0.1) is 0 Å². The Labute approximate surface area is 107 Å². The third kappa shape index (κ3) is 5.25. The summed E-state index contributed by atoms with van der Waals surface area (Å²) in [6.07, 6.45) is 0.380. The summed E-state index contributed by atoms with van der Waals surface area (Å²) in [4.78, 5) is 10.2. The number of nitrogens with zero attached hydrogens (tertiary/aromatic N) is 1. The van der Waals surface area contributed by atoms with Gasteiger partial charge in [0.25, 0.3) is 5.69 Å². The van der Waals surface area contributed by atoms with Crippen LogP contribution in [0.15, 0.2) is 24.3 Å². The van der Waals surface area contributed by atoms with Gasteiger partial charge < -0.3 is 10.4 Å². The molecule has 0 spiro atoms. The summed E-state index contributed by atoms with van der Waals surface area (Å²) in [5, 5.41) is 23.4. The van der Waals surface area contributed by atoms with Crippen LogP contribution < -0.4 is 5.32 Å². The SMILES string of the molecule is CC(C)CC(O)CNCc1cccc([N+](=O)[O-])c1. The smallest absolute Gasteiger partial charge is 0.269 e. The molecule has 0 bridgehead atoms. The van der Waals surface area contributed by atoms with Crippen LogP contribution in [0.4, 0.5) is 5.69 Å². The maximum atomic E-state index is 10.6. The molecule has 1 aromatic rings. The molecule has 2 N–H and O–H groups in total. The van der Waals surface area contributed by atoms with Crippen molar-refractivity contribution in [1.29, 1.82) is 0 Å². The van der Waals surface area contributed by atoms with E-state index in [0.717, 1.165) is 12.0 Å². The Morgan fingerprint density at radius 2 is 2.17 bits per heavy atom. The van der Waals surface area contributed by atoms with E-state index >= 15 is 0 Å². The molecule has 0 aliphatic carbocycles. The van der Waals surface area contributed by atoms with Crippen molar-refractivity contribution in [2.24, 2.45) is 5.92 Å². The van der Waals surface area contributed by atoms with Crippen molar-refractivity contribution in [1.82, 2.24) is 5.32 Å². The summed E-state index contributed by atoms with van der Waals surface area (Å²) in [5.41, 5.74) is 0.943. The number of aliphatic hydroxyl groups excluding tert-OH is 1. The fourth-order valence-corrected chi connectivity index (χ4v) is 1.79. The van der Waals surface area contributed by atoms with Gasteiger partial charge in [0.05, 0.1) is 11.0 Å². The molecule has 1 aromatic carbocycles. The van der Waals surface area contributed by atoms with Crippen molar-refractivity contribution in [2.45, 2.75) is 32.9 Å². The van der Waals surface area contributed by atoms with Crippen molar-refractivity contribution in [3.63, 3.8) is 0 Å². The van der Waals surface area contributed by atoms with Gasteiger partial charge in [-0.05, 0) is 17.9 Å². The van der Waals surface area contributed by atoms with Crippen LogP contribution in [0.1, 0.15) is 25.8 Å². The summed E-state index contributed by atoms with van der Waals surface area (Å²) < 4.78 is 0. The van der Waals surface area contributed by atoms with Gasteiger partial charge in [0, 0.05) is 25.2 Å². The maximum absolute atomic E-state index is 10.6. The predicted octanol–water partition coefficient (Wildman–Crippen LogP) is 2.09. The van der Waals surface area contributed by atoms with E-state index in [1.165, 1.54) is 6.07 Å². The van der Waals surface area contributed by atoms with E-state index < -0.39 is 4.92 Å². The average molecular weight is 252 g/mol. The van der Waals surface area contributed by atoms with Crippen LogP contribution in [0.2, 0.25) is 0 Å². The molecule has 5 nitrogen and oxygen atoms in total. The molecule has 1 unspecified atom stereocenters. The van der Waals surface area contributed by atoms with Crippen LogP contribution in [0.25, 0.3) is 0 Å². The first-order valence-corrected chi connectivity index (χ1v) is 6.11. The normalized spacial score (nSPS) is 12.7. The zero-order valence-corrected chi connectivity index (χ0v) is 10.8. The molecule has 0 saturated carbocycles. The first-order chi connectivity index (χ1) is 8.49. The van der Waals surface area contributed by atoms with Crippen molar-refractivity contribution >= 4 is 5.69 Å². The van der Waals surface area contributed by atoms with Gasteiger partial charge in [-0.3, -0.25) is 10.1 Å². The minimum Gasteiger partial charge on any atom is -0.392 e. The van der Waals surface area contributed by atoms with Crippen LogP contribution in [-0.2, 0) is 6.54 Å². The van der Waals surface area contributed by atoms with E-state index in [2.05, 4.69) is 19.2 Å². The van der Waals surface area contributed by atoms with E-state index in [1.54, 1.807) is 12.1 Å². The molecule has 0 saturated heterocycles. The Balaban J connectivity index is 2.39. The van der Waals surface area contributed by atoms with Crippen LogP contribution >= 0.6 is 0 Å². The lowest BCUT2D eigenvalue weighted by molar-refractivity contribution is -0.384. The minimum absolute atomic E-state index is 0.0945. The highest BCUT2D eigenvalue weighted by Gasteiger charge is 2.08. The first kappa shape index (κ1) is 14.6. The zero-order valence-electron chi connectivity index (χ0n) is 10.8. The van der Waals surface area contributed by atoms with Gasteiger partial charge in [-0.25, -0.2) is 0 Å². The summed E-state index contributed by atoms with van der Waals surface area (Å²) in [6.45, 7) is 5.14. The molecular weight excluding hydrogens is 232 g/mol. The molecule has 0 fully saturated rings. The number of nitrogens with one attached hydrogen (secondary N) is 1. The number of hydrogen-bond acceptors (Lipinski definition) is 4. The van der Waals surface area contributed by atoms with Crippen molar-refractivity contribution in [3.05, 3.63) is 39.9 Å². The Morgan fingerprint density at radius 3 is 2.78 bits per heavy atom. The lowest BCUT2D eigenvalue weighted by Crippen LogP contribution is -2.27. The molecule has 0 heterocycles. The summed E-state index contributed by atoms with van der Waals surface area (Å²) in [6, 6.07) is 6.51. The average Bonchev–Trinajstić information content (AvgIpc) is 2.28. The second-order valence-corrected chi connectivity index (χ2v) is 4.84. The van der Waals surface area contributed by atoms with Crippen LogP contribution in [-0.4, -0.2) is 22.7 Å². The van der Waals surface area contributed by atoms with Gasteiger partial charge >= 0.3 is 0 Å². The van der Waals surface area contributed by atoms with Crippen molar-refractivity contribution in [3.8, 4) is 0 Å². The lowest BCUT2D eigenvalue weighted by Gasteiger charge is -2.13. The fourth-order valence-electron chi connectivity index (χ4n) is 1.79. The molecular formula is C13H20N2O3. The second kappa shape index (κ2) is 7.08. The minimum atomic E-state index is -0.406. The molecule has 0 radical (unpaired) electrons. The topological polar surface area (TPSA) is 75.4 Å². The molecule has 0 amide bonds. The van der Waals surface area contributed by atoms with E-state index in [0.29, 0.717) is 19.0 Å². The second-order valence-electron chi connectivity index (χ2n) is 4.84. The Morgan fingerprint density at radius 1 is 1.44 bits per heavy atom. The van der Waals surface area contributed by atoms with Crippen molar-refractivity contribution < 1.29 is 10.0 Å². The molecule has 5 heteroatoms. The Hall–Kier alpha value is -1.46. The summed E-state index contributed by atoms with van der Waals surface area (Å²) in [5.74, 6) is 0.458. The van der Waals surface area contributed by atoms with Gasteiger partial charge in [0.15, 0.2) is 0 Å². The van der Waals surface area contributed by atoms with Gasteiger partial charge in [0.2, 0.25) is 0 Å². The monoisotopic (exact) mass is 252 g/mol. The number of non-ortho nitro benzene ring substituents is 1. The van der Waals surface area contributed by atoms with Crippen LogP contribution in [0, 0.1) is 16.0 Å². The van der Waals surface area contributed by atoms with Gasteiger partial charge in [-0.2, -0.15) is 0 Å². The molecule has 18 heavy (non-hydrogen) atoms. The van der Waals surface area contributed by atoms with E-state index in [-0.39, 0.29) is 11.8 Å². The van der Waals surface area contributed by atoms with Crippen LogP contribution in [0.3, 0.4) is 0 Å². The highest BCUT2D eigenvalue weighted by molar-refractivity contribution is 5.34. The number of nitro groups is 1. The van der Waals surface area contributed by atoms with Gasteiger partial charge in [0.1, 0.15) is 0 Å². The molecule has 1 rings (SSSR count). The van der Waals surface area contributed by atoms with Crippen molar-refractivity contribution in [2.75, 3.05) is 6.54 Å². The standard InChI is InChI=1S/C13H20N2O3/c1-10(2)6-13(16)9-14-8-11-4-3-5-12(7-11)15(17)18/h3-5,7,10,13-14,16H,6,8-9H2,1-2H3. The fraction of sp³-hybridized carbons (Fsp3) is 0.538. The third-order valence-corrected chi connectivity index (χ3v) is 2.57. The summed E-state index contributed by atoms with van der Waals surface area (Å²) >= 11 is 0. The summed E-state index contributed by atoms with van der Waals surface area (Å²) in [7, 11) is 0. The quantitative estimate of drug-likeness (QED) is 0.575. The Bertz CT molecular complexity index is 394. The van der Waals surface area contributed by atoms with E-state index in [4.69, 9.17) is 0 Å². The number of nitro benzene ring substituents is 1. The van der Waals surface area contributed by atoms with E-state index in [1.807, 2.05) is 6.07 Å². The molecule has 100 valence electrons. The van der Waals surface area contributed by atoms with E-state index in [9.17, 15) is 15.2 Å². The zero-order chi connectivity index (χ0) is 13.5. The predicted molar refractivity (Wildman–Crippen MR) is 70.3 cm³/mol. The third-order valence-electron chi connectivity index (χ3n) is 2.57. The highest BCUT2D eigenvalue weighted by Crippen LogP contribution is 2.12.